The highest BCUT2D eigenvalue weighted by molar-refractivity contribution is 5.94. The maximum absolute atomic E-state index is 12.9. The summed E-state index contributed by atoms with van der Waals surface area (Å²) in [5.74, 6) is 0.459. The molecule has 0 aliphatic heterocycles. The van der Waals surface area contributed by atoms with Crippen LogP contribution in [0, 0.1) is 5.82 Å². The van der Waals surface area contributed by atoms with Gasteiger partial charge in [0.1, 0.15) is 23.9 Å². The average Bonchev–Trinajstić information content (AvgIpc) is 2.59. The molecule has 1 amide bonds. The molecule has 0 aromatic heterocycles. The molecule has 24 heavy (non-hydrogen) atoms. The van der Waals surface area contributed by atoms with Gasteiger partial charge in [0.15, 0.2) is 6.10 Å². The standard InChI is InChI=1S/C19H20FNO3/c1-3-12-23-17-7-5-6-15(13-17)21-19(22)18(4-2)24-16-10-8-14(20)9-11-16/h3,5-11,13,18H,1,4,12H2,2H3,(H,21,22). The molecule has 2 aromatic carbocycles. The number of nitrogens with one attached hydrogen (secondary N) is 1. The van der Waals surface area contributed by atoms with Crippen molar-refractivity contribution in [2.45, 2.75) is 19.4 Å². The number of hydrogen-bond acceptors (Lipinski definition) is 3. The van der Waals surface area contributed by atoms with Gasteiger partial charge in [0.2, 0.25) is 0 Å². The molecule has 0 fully saturated rings. The minimum absolute atomic E-state index is 0.275. The highest BCUT2D eigenvalue weighted by Gasteiger charge is 2.18. The van der Waals surface area contributed by atoms with E-state index in [1.165, 1.54) is 24.3 Å². The summed E-state index contributed by atoms with van der Waals surface area (Å²) in [6, 6.07) is 12.7. The fourth-order valence-electron chi connectivity index (χ4n) is 2.04. The minimum Gasteiger partial charge on any atom is -0.489 e. The average molecular weight is 329 g/mol. The molecule has 0 saturated carbocycles. The van der Waals surface area contributed by atoms with E-state index in [4.69, 9.17) is 9.47 Å². The van der Waals surface area contributed by atoms with Crippen molar-refractivity contribution in [2.24, 2.45) is 0 Å². The van der Waals surface area contributed by atoms with E-state index in [1.807, 2.05) is 6.92 Å². The van der Waals surface area contributed by atoms with E-state index in [0.717, 1.165) is 0 Å². The Kier molecular flexibility index (Phi) is 6.37. The first kappa shape index (κ1) is 17.5. The van der Waals surface area contributed by atoms with Gasteiger partial charge in [0.25, 0.3) is 5.91 Å². The second-order valence-electron chi connectivity index (χ2n) is 5.09. The first-order valence-electron chi connectivity index (χ1n) is 7.69. The van der Waals surface area contributed by atoms with Crippen LogP contribution in [0.3, 0.4) is 0 Å². The quantitative estimate of drug-likeness (QED) is 0.739. The van der Waals surface area contributed by atoms with Crippen LogP contribution in [0.2, 0.25) is 0 Å². The molecule has 1 N–H and O–H groups in total. The zero-order valence-electron chi connectivity index (χ0n) is 13.5. The Balaban J connectivity index is 2.00. The molecule has 0 spiro atoms. The van der Waals surface area contributed by atoms with E-state index in [9.17, 15) is 9.18 Å². The first-order chi connectivity index (χ1) is 11.6. The van der Waals surface area contributed by atoms with Gasteiger partial charge in [-0.3, -0.25) is 4.79 Å². The maximum Gasteiger partial charge on any atom is 0.265 e. The normalized spacial score (nSPS) is 11.4. The number of carbonyl (C=O) groups excluding carboxylic acids is 1. The van der Waals surface area contributed by atoms with E-state index in [0.29, 0.717) is 30.2 Å². The first-order valence-corrected chi connectivity index (χ1v) is 7.69. The van der Waals surface area contributed by atoms with E-state index in [2.05, 4.69) is 11.9 Å². The van der Waals surface area contributed by atoms with Crippen LogP contribution < -0.4 is 14.8 Å². The number of hydrogen-bond donors (Lipinski definition) is 1. The van der Waals surface area contributed by atoms with Gasteiger partial charge in [-0.05, 0) is 42.8 Å². The zero-order valence-corrected chi connectivity index (χ0v) is 13.5. The Labute approximate surface area is 140 Å². The predicted octanol–water partition coefficient (Wildman–Crippen LogP) is 4.19. The van der Waals surface area contributed by atoms with Gasteiger partial charge in [0.05, 0.1) is 0 Å². The van der Waals surface area contributed by atoms with Crippen LogP contribution in [0.25, 0.3) is 0 Å². The molecular formula is C19H20FNO3. The zero-order chi connectivity index (χ0) is 17.4. The lowest BCUT2D eigenvalue weighted by molar-refractivity contribution is -0.122. The molecule has 5 heteroatoms. The molecular weight excluding hydrogens is 309 g/mol. The van der Waals surface area contributed by atoms with E-state index in [-0.39, 0.29) is 11.7 Å². The topological polar surface area (TPSA) is 47.6 Å². The summed E-state index contributed by atoms with van der Waals surface area (Å²) in [5, 5.41) is 2.80. The molecule has 0 radical (unpaired) electrons. The van der Waals surface area contributed by atoms with E-state index in [1.54, 1.807) is 30.3 Å². The number of halogens is 1. The van der Waals surface area contributed by atoms with E-state index < -0.39 is 6.10 Å². The summed E-state index contributed by atoms with van der Waals surface area (Å²) < 4.78 is 24.0. The maximum atomic E-state index is 12.9. The van der Waals surface area contributed by atoms with Crippen LogP contribution in [-0.4, -0.2) is 18.6 Å². The van der Waals surface area contributed by atoms with E-state index >= 15 is 0 Å². The fourth-order valence-corrected chi connectivity index (χ4v) is 2.04. The van der Waals surface area contributed by atoms with Gasteiger partial charge >= 0.3 is 0 Å². The lowest BCUT2D eigenvalue weighted by Gasteiger charge is -2.17. The summed E-state index contributed by atoms with van der Waals surface area (Å²) in [6.07, 6.45) is 1.46. The van der Waals surface area contributed by atoms with Gasteiger partial charge in [0, 0.05) is 11.8 Å². The summed E-state index contributed by atoms with van der Waals surface area (Å²) in [7, 11) is 0. The third kappa shape index (κ3) is 5.12. The summed E-state index contributed by atoms with van der Waals surface area (Å²) in [5.41, 5.74) is 0.614. The van der Waals surface area contributed by atoms with Crippen molar-refractivity contribution < 1.29 is 18.7 Å². The predicted molar refractivity (Wildman–Crippen MR) is 91.9 cm³/mol. The van der Waals surface area contributed by atoms with Crippen molar-refractivity contribution >= 4 is 11.6 Å². The molecule has 0 aliphatic carbocycles. The van der Waals surface area contributed by atoms with Crippen molar-refractivity contribution in [1.82, 2.24) is 0 Å². The molecule has 1 atom stereocenters. The van der Waals surface area contributed by atoms with Crippen molar-refractivity contribution in [3.63, 3.8) is 0 Å². The van der Waals surface area contributed by atoms with Gasteiger partial charge in [-0.1, -0.05) is 25.6 Å². The molecule has 1 unspecified atom stereocenters. The molecule has 2 aromatic rings. The number of benzene rings is 2. The lowest BCUT2D eigenvalue weighted by Crippen LogP contribution is -2.32. The summed E-state index contributed by atoms with van der Waals surface area (Å²) in [4.78, 5) is 12.4. The molecule has 0 saturated heterocycles. The monoisotopic (exact) mass is 329 g/mol. The molecule has 0 heterocycles. The molecule has 0 bridgehead atoms. The van der Waals surface area contributed by atoms with Crippen molar-refractivity contribution in [2.75, 3.05) is 11.9 Å². The number of carbonyl (C=O) groups is 1. The van der Waals surface area contributed by atoms with Crippen LogP contribution in [0.1, 0.15) is 13.3 Å². The third-order valence-corrected chi connectivity index (χ3v) is 3.22. The number of rotatable bonds is 8. The van der Waals surface area contributed by atoms with Crippen molar-refractivity contribution in [1.29, 1.82) is 0 Å². The molecule has 2 rings (SSSR count). The third-order valence-electron chi connectivity index (χ3n) is 3.22. The smallest absolute Gasteiger partial charge is 0.265 e. The second-order valence-corrected chi connectivity index (χ2v) is 5.09. The van der Waals surface area contributed by atoms with Crippen LogP contribution in [-0.2, 0) is 4.79 Å². The fraction of sp³-hybridized carbons (Fsp3) is 0.211. The Morgan fingerprint density at radius 1 is 1.25 bits per heavy atom. The van der Waals surface area contributed by atoms with Gasteiger partial charge < -0.3 is 14.8 Å². The van der Waals surface area contributed by atoms with Crippen molar-refractivity contribution in [3.05, 3.63) is 67.0 Å². The Hall–Kier alpha value is -2.82. The van der Waals surface area contributed by atoms with Crippen LogP contribution >= 0.6 is 0 Å². The second kappa shape index (κ2) is 8.72. The Morgan fingerprint density at radius 2 is 2.00 bits per heavy atom. The molecule has 126 valence electrons. The lowest BCUT2D eigenvalue weighted by atomic mass is 10.2. The van der Waals surface area contributed by atoms with Gasteiger partial charge in [-0.15, -0.1) is 0 Å². The molecule has 0 aliphatic rings. The van der Waals surface area contributed by atoms with Gasteiger partial charge in [-0.25, -0.2) is 4.39 Å². The minimum atomic E-state index is -0.673. The van der Waals surface area contributed by atoms with Crippen LogP contribution in [0.15, 0.2) is 61.2 Å². The molecule has 4 nitrogen and oxygen atoms in total. The van der Waals surface area contributed by atoms with Crippen LogP contribution in [0.4, 0.5) is 10.1 Å². The largest absolute Gasteiger partial charge is 0.489 e. The van der Waals surface area contributed by atoms with Crippen molar-refractivity contribution in [3.8, 4) is 11.5 Å². The van der Waals surface area contributed by atoms with Crippen LogP contribution in [0.5, 0.6) is 11.5 Å². The summed E-state index contributed by atoms with van der Waals surface area (Å²) in [6.45, 7) is 5.83. The SMILES string of the molecule is C=CCOc1cccc(NC(=O)C(CC)Oc2ccc(F)cc2)c1. The van der Waals surface area contributed by atoms with Gasteiger partial charge in [-0.2, -0.15) is 0 Å². The number of amides is 1. The highest BCUT2D eigenvalue weighted by atomic mass is 19.1. The highest BCUT2D eigenvalue weighted by Crippen LogP contribution is 2.19. The Bertz CT molecular complexity index is 685. The number of ether oxygens (including phenoxy) is 2. The Morgan fingerprint density at radius 3 is 2.67 bits per heavy atom. The number of anilines is 1. The summed E-state index contributed by atoms with van der Waals surface area (Å²) >= 11 is 0.